The Labute approximate surface area is 99.5 Å². The fraction of sp³-hybridized carbons (Fsp3) is 0.571. The number of aryl methyl sites for hydroxylation is 2. The van der Waals surface area contributed by atoms with Gasteiger partial charge in [-0.05, 0) is 64.0 Å². The summed E-state index contributed by atoms with van der Waals surface area (Å²) in [6.45, 7) is 5.10. The molecule has 1 unspecified atom stereocenters. The van der Waals surface area contributed by atoms with Gasteiger partial charge >= 0.3 is 0 Å². The molecule has 2 heteroatoms. The Kier molecular flexibility index (Phi) is 4.97. The zero-order valence-corrected chi connectivity index (χ0v) is 11.0. The third-order valence-electron chi connectivity index (χ3n) is 3.22. The Hall–Kier alpha value is -0.860. The van der Waals surface area contributed by atoms with E-state index in [1.165, 1.54) is 16.7 Å². The van der Waals surface area contributed by atoms with Gasteiger partial charge in [-0.1, -0.05) is 18.2 Å². The fourth-order valence-electron chi connectivity index (χ4n) is 2.01. The Morgan fingerprint density at radius 2 is 1.88 bits per heavy atom. The quantitative estimate of drug-likeness (QED) is 0.826. The molecule has 2 N–H and O–H groups in total. The summed E-state index contributed by atoms with van der Waals surface area (Å²) < 4.78 is 0. The van der Waals surface area contributed by atoms with Crippen molar-refractivity contribution in [2.24, 2.45) is 5.73 Å². The molecule has 0 aromatic heterocycles. The van der Waals surface area contributed by atoms with Crippen LogP contribution in [-0.4, -0.2) is 25.5 Å². The summed E-state index contributed by atoms with van der Waals surface area (Å²) in [6.07, 6.45) is 2.21. The van der Waals surface area contributed by atoms with Gasteiger partial charge in [-0.2, -0.15) is 0 Å². The van der Waals surface area contributed by atoms with E-state index in [4.69, 9.17) is 5.73 Å². The van der Waals surface area contributed by atoms with Crippen LogP contribution in [0.5, 0.6) is 0 Å². The first-order valence-electron chi connectivity index (χ1n) is 6.00. The highest BCUT2D eigenvalue weighted by Gasteiger charge is 2.13. The van der Waals surface area contributed by atoms with Crippen molar-refractivity contribution in [3.8, 4) is 0 Å². The topological polar surface area (TPSA) is 29.3 Å². The minimum Gasteiger partial charge on any atom is -0.330 e. The van der Waals surface area contributed by atoms with E-state index < -0.39 is 0 Å². The van der Waals surface area contributed by atoms with Crippen LogP contribution in [0.2, 0.25) is 0 Å². The van der Waals surface area contributed by atoms with E-state index in [1.807, 2.05) is 0 Å². The first kappa shape index (κ1) is 13.2. The fourth-order valence-corrected chi connectivity index (χ4v) is 2.01. The van der Waals surface area contributed by atoms with Crippen molar-refractivity contribution in [1.82, 2.24) is 4.90 Å². The number of hydrogen-bond donors (Lipinski definition) is 1. The molecule has 90 valence electrons. The summed E-state index contributed by atoms with van der Waals surface area (Å²) >= 11 is 0. The van der Waals surface area contributed by atoms with Crippen LogP contribution >= 0.6 is 0 Å². The maximum atomic E-state index is 5.59. The second-order valence-electron chi connectivity index (χ2n) is 4.75. The summed E-state index contributed by atoms with van der Waals surface area (Å²) in [5, 5.41) is 0. The molecule has 0 fully saturated rings. The van der Waals surface area contributed by atoms with Gasteiger partial charge in [0.1, 0.15) is 0 Å². The molecular weight excluding hydrogens is 196 g/mol. The Bertz CT molecular complexity index is 332. The van der Waals surface area contributed by atoms with Gasteiger partial charge < -0.3 is 10.6 Å². The van der Waals surface area contributed by atoms with Crippen LogP contribution in [0.4, 0.5) is 0 Å². The molecule has 0 spiro atoms. The first-order valence-corrected chi connectivity index (χ1v) is 6.00. The molecule has 2 nitrogen and oxygen atoms in total. The standard InChI is InChI=1S/C14H24N2/c1-11-7-8-13(10-12(11)2)14(16(3)4)6-5-9-15/h7-8,10,14H,5-6,9,15H2,1-4H3. The van der Waals surface area contributed by atoms with E-state index in [9.17, 15) is 0 Å². The van der Waals surface area contributed by atoms with Crippen molar-refractivity contribution in [3.63, 3.8) is 0 Å². The van der Waals surface area contributed by atoms with E-state index in [-0.39, 0.29) is 0 Å². The van der Waals surface area contributed by atoms with Crippen LogP contribution in [0.3, 0.4) is 0 Å². The Morgan fingerprint density at radius 3 is 2.38 bits per heavy atom. The van der Waals surface area contributed by atoms with E-state index in [1.54, 1.807) is 0 Å². The average molecular weight is 220 g/mol. The van der Waals surface area contributed by atoms with Gasteiger partial charge in [-0.3, -0.25) is 0 Å². The maximum Gasteiger partial charge on any atom is 0.0342 e. The predicted molar refractivity (Wildman–Crippen MR) is 70.6 cm³/mol. The van der Waals surface area contributed by atoms with Crippen LogP contribution in [0.1, 0.15) is 35.6 Å². The largest absolute Gasteiger partial charge is 0.330 e. The Balaban J connectivity index is 2.88. The van der Waals surface area contributed by atoms with Crippen molar-refractivity contribution < 1.29 is 0 Å². The molecule has 0 aliphatic rings. The Morgan fingerprint density at radius 1 is 1.19 bits per heavy atom. The number of hydrogen-bond acceptors (Lipinski definition) is 2. The van der Waals surface area contributed by atoms with Crippen LogP contribution in [0, 0.1) is 13.8 Å². The monoisotopic (exact) mass is 220 g/mol. The van der Waals surface area contributed by atoms with Gasteiger partial charge in [0.25, 0.3) is 0 Å². The van der Waals surface area contributed by atoms with Crippen LogP contribution in [0.25, 0.3) is 0 Å². The van der Waals surface area contributed by atoms with E-state index in [0.717, 1.165) is 19.4 Å². The highest BCUT2D eigenvalue weighted by molar-refractivity contribution is 5.31. The van der Waals surface area contributed by atoms with Gasteiger partial charge in [-0.15, -0.1) is 0 Å². The smallest absolute Gasteiger partial charge is 0.0342 e. The number of benzene rings is 1. The highest BCUT2D eigenvalue weighted by Crippen LogP contribution is 2.24. The molecule has 0 saturated carbocycles. The lowest BCUT2D eigenvalue weighted by atomic mass is 9.97. The van der Waals surface area contributed by atoms with Crippen molar-refractivity contribution in [2.75, 3.05) is 20.6 Å². The zero-order chi connectivity index (χ0) is 12.1. The third kappa shape index (κ3) is 3.32. The number of rotatable bonds is 5. The molecule has 1 rings (SSSR count). The average Bonchev–Trinajstić information content (AvgIpc) is 2.23. The summed E-state index contributed by atoms with van der Waals surface area (Å²) in [5.41, 5.74) is 9.73. The lowest BCUT2D eigenvalue weighted by molar-refractivity contribution is 0.280. The van der Waals surface area contributed by atoms with Gasteiger partial charge in [0, 0.05) is 6.04 Å². The minimum absolute atomic E-state index is 0.489. The molecule has 1 atom stereocenters. The van der Waals surface area contributed by atoms with Gasteiger partial charge in [0.05, 0.1) is 0 Å². The molecule has 0 bridgehead atoms. The summed E-state index contributed by atoms with van der Waals surface area (Å²) in [7, 11) is 4.27. The van der Waals surface area contributed by atoms with Crippen LogP contribution < -0.4 is 5.73 Å². The SMILES string of the molecule is Cc1ccc(C(CCCN)N(C)C)cc1C. The van der Waals surface area contributed by atoms with Gasteiger partial charge in [0.15, 0.2) is 0 Å². The second-order valence-corrected chi connectivity index (χ2v) is 4.75. The highest BCUT2D eigenvalue weighted by atomic mass is 15.1. The van der Waals surface area contributed by atoms with E-state index in [0.29, 0.717) is 6.04 Å². The van der Waals surface area contributed by atoms with Crippen molar-refractivity contribution in [3.05, 3.63) is 34.9 Å². The molecule has 0 amide bonds. The number of nitrogens with zero attached hydrogens (tertiary/aromatic N) is 1. The minimum atomic E-state index is 0.489. The first-order chi connectivity index (χ1) is 7.56. The van der Waals surface area contributed by atoms with Crippen molar-refractivity contribution in [1.29, 1.82) is 0 Å². The third-order valence-corrected chi connectivity index (χ3v) is 3.22. The lowest BCUT2D eigenvalue weighted by Gasteiger charge is -2.25. The normalized spacial score (nSPS) is 13.1. The van der Waals surface area contributed by atoms with Crippen molar-refractivity contribution in [2.45, 2.75) is 32.7 Å². The van der Waals surface area contributed by atoms with Crippen LogP contribution in [0.15, 0.2) is 18.2 Å². The molecule has 0 heterocycles. The summed E-state index contributed by atoms with van der Waals surface area (Å²) in [6, 6.07) is 7.24. The lowest BCUT2D eigenvalue weighted by Crippen LogP contribution is -2.21. The second kappa shape index (κ2) is 6.02. The molecular formula is C14H24N2. The number of nitrogens with two attached hydrogens (primary N) is 1. The molecule has 1 aromatic rings. The van der Waals surface area contributed by atoms with Crippen LogP contribution in [-0.2, 0) is 0 Å². The molecule has 0 aliphatic heterocycles. The molecule has 0 aliphatic carbocycles. The molecule has 0 radical (unpaired) electrons. The van der Waals surface area contributed by atoms with E-state index in [2.05, 4.69) is 51.0 Å². The summed E-state index contributed by atoms with van der Waals surface area (Å²) in [4.78, 5) is 2.28. The van der Waals surface area contributed by atoms with Crippen molar-refractivity contribution >= 4 is 0 Å². The van der Waals surface area contributed by atoms with Gasteiger partial charge in [0.2, 0.25) is 0 Å². The summed E-state index contributed by atoms with van der Waals surface area (Å²) in [5.74, 6) is 0. The maximum absolute atomic E-state index is 5.59. The molecule has 0 saturated heterocycles. The molecule has 1 aromatic carbocycles. The zero-order valence-electron chi connectivity index (χ0n) is 11.0. The van der Waals surface area contributed by atoms with E-state index >= 15 is 0 Å². The van der Waals surface area contributed by atoms with Gasteiger partial charge in [-0.25, -0.2) is 0 Å². The predicted octanol–water partition coefficient (Wildman–Crippen LogP) is 2.65. The molecule has 16 heavy (non-hydrogen) atoms.